The molecule has 2 aromatic rings. The van der Waals surface area contributed by atoms with Crippen molar-refractivity contribution < 1.29 is 4.79 Å². The van der Waals surface area contributed by atoms with E-state index in [4.69, 9.17) is 11.0 Å². The first kappa shape index (κ1) is 14.2. The predicted molar refractivity (Wildman–Crippen MR) is 82.9 cm³/mol. The van der Waals surface area contributed by atoms with Gasteiger partial charge in [0.2, 0.25) is 0 Å². The summed E-state index contributed by atoms with van der Waals surface area (Å²) in [5.41, 5.74) is 8.59. The van der Waals surface area contributed by atoms with E-state index in [1.54, 1.807) is 24.4 Å². The van der Waals surface area contributed by atoms with Crippen molar-refractivity contribution in [2.45, 2.75) is 24.9 Å². The Morgan fingerprint density at radius 3 is 2.41 bits per heavy atom. The molecular formula is C17H16N4O. The number of aromatic nitrogens is 1. The Hall–Kier alpha value is -2.71. The Labute approximate surface area is 128 Å². The fourth-order valence-corrected chi connectivity index (χ4v) is 2.48. The number of benzene rings is 1. The molecule has 0 radical (unpaired) electrons. The highest BCUT2D eigenvalue weighted by Crippen LogP contribution is 2.20. The summed E-state index contributed by atoms with van der Waals surface area (Å²) in [6.07, 6.45) is 3.33. The van der Waals surface area contributed by atoms with Crippen LogP contribution < -0.4 is 11.1 Å². The molecule has 1 heterocycles. The number of nitrogens with two attached hydrogens (primary N) is 1. The molecule has 3 rings (SSSR count). The Bertz CT molecular complexity index is 710. The minimum absolute atomic E-state index is 0.164. The van der Waals surface area contributed by atoms with Crippen molar-refractivity contribution in [3.8, 4) is 17.2 Å². The van der Waals surface area contributed by atoms with E-state index in [-0.39, 0.29) is 18.0 Å². The number of carbonyl (C=O) groups excluding carboxylic acids is 1. The van der Waals surface area contributed by atoms with Gasteiger partial charge in [-0.05, 0) is 36.6 Å². The molecule has 5 nitrogen and oxygen atoms in total. The lowest BCUT2D eigenvalue weighted by molar-refractivity contribution is 0.0905. The number of hydrogen-bond donors (Lipinski definition) is 2. The third-order valence-electron chi connectivity index (χ3n) is 3.85. The highest BCUT2D eigenvalue weighted by Gasteiger charge is 2.27. The third kappa shape index (κ3) is 2.97. The zero-order valence-corrected chi connectivity index (χ0v) is 12.0. The van der Waals surface area contributed by atoms with Gasteiger partial charge in [0.15, 0.2) is 0 Å². The molecule has 0 aliphatic heterocycles. The molecule has 0 saturated heterocycles. The molecule has 1 aromatic carbocycles. The van der Waals surface area contributed by atoms with Gasteiger partial charge in [-0.15, -0.1) is 0 Å². The predicted octanol–water partition coefficient (Wildman–Crippen LogP) is 1.84. The summed E-state index contributed by atoms with van der Waals surface area (Å²) in [5.74, 6) is -0.164. The Kier molecular flexibility index (Phi) is 3.86. The maximum absolute atomic E-state index is 12.0. The van der Waals surface area contributed by atoms with Gasteiger partial charge in [-0.3, -0.25) is 9.78 Å². The number of hydrogen-bond acceptors (Lipinski definition) is 4. The van der Waals surface area contributed by atoms with Gasteiger partial charge in [0, 0.05) is 23.8 Å². The van der Waals surface area contributed by atoms with Gasteiger partial charge in [0.25, 0.3) is 5.91 Å². The monoisotopic (exact) mass is 292 g/mol. The van der Waals surface area contributed by atoms with Crippen LogP contribution in [-0.4, -0.2) is 23.0 Å². The summed E-state index contributed by atoms with van der Waals surface area (Å²) in [7, 11) is 0. The van der Waals surface area contributed by atoms with E-state index < -0.39 is 0 Å². The standard InChI is InChI=1S/C17H16N4O/c18-9-11-1-3-12(4-2-11)13-5-6-16(20-10-13)17(22)21-15-7-14(19)8-15/h1-6,10,14-15H,7-8,19H2,(H,21,22). The number of carbonyl (C=O) groups is 1. The van der Waals surface area contributed by atoms with E-state index in [1.807, 2.05) is 18.2 Å². The molecule has 110 valence electrons. The van der Waals surface area contributed by atoms with Crippen LogP contribution in [-0.2, 0) is 0 Å². The average molecular weight is 292 g/mol. The molecule has 0 spiro atoms. The lowest BCUT2D eigenvalue weighted by Gasteiger charge is -2.32. The Morgan fingerprint density at radius 2 is 1.86 bits per heavy atom. The molecule has 1 amide bonds. The largest absolute Gasteiger partial charge is 0.348 e. The van der Waals surface area contributed by atoms with Crippen LogP contribution in [0.2, 0.25) is 0 Å². The van der Waals surface area contributed by atoms with Crippen molar-refractivity contribution in [2.24, 2.45) is 5.73 Å². The minimum Gasteiger partial charge on any atom is -0.348 e. The zero-order valence-electron chi connectivity index (χ0n) is 12.0. The maximum atomic E-state index is 12.0. The first-order chi connectivity index (χ1) is 10.7. The number of nitrogens with one attached hydrogen (secondary N) is 1. The highest BCUT2D eigenvalue weighted by molar-refractivity contribution is 5.92. The van der Waals surface area contributed by atoms with Crippen LogP contribution in [0, 0.1) is 11.3 Å². The van der Waals surface area contributed by atoms with E-state index in [0.717, 1.165) is 24.0 Å². The van der Waals surface area contributed by atoms with Crippen LogP contribution in [0.5, 0.6) is 0 Å². The number of nitrogens with zero attached hydrogens (tertiary/aromatic N) is 2. The summed E-state index contributed by atoms with van der Waals surface area (Å²) in [4.78, 5) is 16.3. The molecule has 0 bridgehead atoms. The van der Waals surface area contributed by atoms with Crippen molar-refractivity contribution in [2.75, 3.05) is 0 Å². The second-order valence-corrected chi connectivity index (χ2v) is 5.52. The van der Waals surface area contributed by atoms with Gasteiger partial charge in [-0.2, -0.15) is 5.26 Å². The van der Waals surface area contributed by atoms with Crippen LogP contribution in [0.4, 0.5) is 0 Å². The van der Waals surface area contributed by atoms with Crippen molar-refractivity contribution in [1.29, 1.82) is 5.26 Å². The molecule has 3 N–H and O–H groups in total. The van der Waals surface area contributed by atoms with E-state index in [2.05, 4.69) is 16.4 Å². The van der Waals surface area contributed by atoms with Gasteiger partial charge in [-0.1, -0.05) is 18.2 Å². The smallest absolute Gasteiger partial charge is 0.270 e. The molecule has 1 aromatic heterocycles. The van der Waals surface area contributed by atoms with Gasteiger partial charge in [-0.25, -0.2) is 0 Å². The van der Waals surface area contributed by atoms with Crippen LogP contribution in [0.3, 0.4) is 0 Å². The minimum atomic E-state index is -0.164. The lowest BCUT2D eigenvalue weighted by atomic mass is 9.87. The number of pyridine rings is 1. The molecule has 1 aliphatic carbocycles. The third-order valence-corrected chi connectivity index (χ3v) is 3.85. The fourth-order valence-electron chi connectivity index (χ4n) is 2.48. The first-order valence-electron chi connectivity index (χ1n) is 7.19. The topological polar surface area (TPSA) is 91.8 Å². The van der Waals surface area contributed by atoms with Crippen LogP contribution >= 0.6 is 0 Å². The van der Waals surface area contributed by atoms with E-state index >= 15 is 0 Å². The second-order valence-electron chi connectivity index (χ2n) is 5.52. The van der Waals surface area contributed by atoms with Crippen molar-refractivity contribution in [3.63, 3.8) is 0 Å². The van der Waals surface area contributed by atoms with Gasteiger partial charge in [0.05, 0.1) is 11.6 Å². The Balaban J connectivity index is 1.69. The quantitative estimate of drug-likeness (QED) is 0.903. The molecule has 1 aliphatic rings. The number of rotatable bonds is 3. The van der Waals surface area contributed by atoms with Gasteiger partial charge < -0.3 is 11.1 Å². The summed E-state index contributed by atoms with van der Waals surface area (Å²) >= 11 is 0. The SMILES string of the molecule is N#Cc1ccc(-c2ccc(C(=O)NC3CC(N)C3)nc2)cc1. The van der Waals surface area contributed by atoms with Crippen LogP contribution in [0.15, 0.2) is 42.6 Å². The molecule has 5 heteroatoms. The molecule has 1 fully saturated rings. The number of nitriles is 1. The molecule has 0 unspecified atom stereocenters. The molecular weight excluding hydrogens is 276 g/mol. The molecule has 0 atom stereocenters. The van der Waals surface area contributed by atoms with E-state index in [0.29, 0.717) is 11.3 Å². The van der Waals surface area contributed by atoms with E-state index in [1.165, 1.54) is 0 Å². The van der Waals surface area contributed by atoms with Crippen molar-refractivity contribution in [1.82, 2.24) is 10.3 Å². The summed E-state index contributed by atoms with van der Waals surface area (Å²) in [6.45, 7) is 0. The number of amides is 1. The van der Waals surface area contributed by atoms with E-state index in [9.17, 15) is 4.79 Å². The molecule has 1 saturated carbocycles. The zero-order chi connectivity index (χ0) is 15.5. The van der Waals surface area contributed by atoms with Crippen molar-refractivity contribution in [3.05, 3.63) is 53.9 Å². The van der Waals surface area contributed by atoms with Crippen LogP contribution in [0.1, 0.15) is 28.9 Å². The van der Waals surface area contributed by atoms with Crippen LogP contribution in [0.25, 0.3) is 11.1 Å². The normalized spacial score (nSPS) is 19.8. The Morgan fingerprint density at radius 1 is 1.18 bits per heavy atom. The second kappa shape index (κ2) is 5.96. The first-order valence-corrected chi connectivity index (χ1v) is 7.19. The molecule has 22 heavy (non-hydrogen) atoms. The van der Waals surface area contributed by atoms with Gasteiger partial charge in [0.1, 0.15) is 5.69 Å². The average Bonchev–Trinajstić information content (AvgIpc) is 2.53. The lowest BCUT2D eigenvalue weighted by Crippen LogP contribution is -2.50. The maximum Gasteiger partial charge on any atom is 0.270 e. The summed E-state index contributed by atoms with van der Waals surface area (Å²) < 4.78 is 0. The highest BCUT2D eigenvalue weighted by atomic mass is 16.1. The fraction of sp³-hybridized carbons (Fsp3) is 0.235. The van der Waals surface area contributed by atoms with Crippen molar-refractivity contribution >= 4 is 5.91 Å². The summed E-state index contributed by atoms with van der Waals surface area (Å²) in [5, 5.41) is 11.7. The summed E-state index contributed by atoms with van der Waals surface area (Å²) in [6, 6.07) is 13.3. The van der Waals surface area contributed by atoms with Gasteiger partial charge >= 0.3 is 0 Å².